The molecule has 0 amide bonds. The number of aldehydes is 1. The summed E-state index contributed by atoms with van der Waals surface area (Å²) in [6.07, 6.45) is 1.65. The van der Waals surface area contributed by atoms with Crippen molar-refractivity contribution in [3.8, 4) is 0 Å². The summed E-state index contributed by atoms with van der Waals surface area (Å²) in [5, 5.41) is 0. The summed E-state index contributed by atoms with van der Waals surface area (Å²) in [6, 6.07) is 0. The van der Waals surface area contributed by atoms with Crippen LogP contribution in [0.3, 0.4) is 0 Å². The van der Waals surface area contributed by atoms with E-state index >= 15 is 0 Å². The average molecular weight is 157 g/mol. The van der Waals surface area contributed by atoms with Crippen molar-refractivity contribution in [1.29, 1.82) is 0 Å². The molecule has 11 heavy (non-hydrogen) atoms. The predicted molar refractivity (Wildman–Crippen MR) is 39.8 cm³/mol. The van der Waals surface area contributed by atoms with Crippen LogP contribution in [0.25, 0.3) is 0 Å². The number of ether oxygens (including phenoxy) is 1. The number of esters is 1. The van der Waals surface area contributed by atoms with Gasteiger partial charge in [0.15, 0.2) is 12.4 Å². The fraction of sp³-hybridized carbons (Fsp3) is 0.429. The van der Waals surface area contributed by atoms with Crippen LogP contribution in [-0.2, 0) is 14.3 Å². The molecule has 0 saturated heterocycles. The first-order chi connectivity index (χ1) is 5.24. The Morgan fingerprint density at radius 1 is 1.73 bits per heavy atom. The van der Waals surface area contributed by atoms with E-state index in [1.807, 2.05) is 0 Å². The second-order valence-corrected chi connectivity index (χ2v) is 1.89. The molecular formula is C7H11NO3. The normalized spacial score (nSPS) is 11.7. The number of carbonyl (C=O) groups excluding carboxylic acids is 2. The van der Waals surface area contributed by atoms with Crippen LogP contribution >= 0.6 is 0 Å². The molecule has 0 heterocycles. The maximum absolute atomic E-state index is 10.5. The number of hydrogen-bond donors (Lipinski definition) is 1. The van der Waals surface area contributed by atoms with Crippen molar-refractivity contribution in [3.63, 3.8) is 0 Å². The van der Waals surface area contributed by atoms with Gasteiger partial charge in [0.1, 0.15) is 0 Å². The molecule has 0 radical (unpaired) electrons. The van der Waals surface area contributed by atoms with Crippen LogP contribution < -0.4 is 5.73 Å². The lowest BCUT2D eigenvalue weighted by Gasteiger charge is -2.07. The fourth-order valence-corrected chi connectivity index (χ4v) is 0.513. The molecule has 0 bridgehead atoms. The molecule has 0 aromatic carbocycles. The van der Waals surface area contributed by atoms with Crippen LogP contribution in [0.15, 0.2) is 12.7 Å². The third kappa shape index (κ3) is 4.27. The lowest BCUT2D eigenvalue weighted by molar-refractivity contribution is -0.149. The highest BCUT2D eigenvalue weighted by molar-refractivity contribution is 5.74. The van der Waals surface area contributed by atoms with Crippen LogP contribution in [0, 0.1) is 0 Å². The van der Waals surface area contributed by atoms with Gasteiger partial charge in [-0.15, -0.1) is 6.58 Å². The molecule has 1 unspecified atom stereocenters. The molecule has 4 nitrogen and oxygen atoms in total. The van der Waals surface area contributed by atoms with Gasteiger partial charge in [-0.2, -0.15) is 0 Å². The Labute approximate surface area is 65.0 Å². The van der Waals surface area contributed by atoms with Gasteiger partial charge in [-0.05, 0) is 0 Å². The average Bonchev–Trinajstić information content (AvgIpc) is 2.03. The largest absolute Gasteiger partial charge is 0.453 e. The maximum Gasteiger partial charge on any atom is 0.320 e. The van der Waals surface area contributed by atoms with Gasteiger partial charge in [-0.25, -0.2) is 0 Å². The van der Waals surface area contributed by atoms with E-state index in [2.05, 4.69) is 11.3 Å². The van der Waals surface area contributed by atoms with Gasteiger partial charge in [0.2, 0.25) is 0 Å². The number of rotatable bonds is 5. The third-order valence-corrected chi connectivity index (χ3v) is 1.00. The molecule has 0 aromatic rings. The molecule has 0 aromatic heterocycles. The SMILES string of the molecule is C=CCC(C=O)OC(=O)CN. The highest BCUT2D eigenvalue weighted by atomic mass is 16.5. The first-order valence-corrected chi connectivity index (χ1v) is 3.20. The minimum Gasteiger partial charge on any atom is -0.453 e. The molecule has 0 aliphatic rings. The predicted octanol–water partition coefficient (Wildman–Crippen LogP) is -0.368. The quantitative estimate of drug-likeness (QED) is 0.336. The lowest BCUT2D eigenvalue weighted by Crippen LogP contribution is -2.24. The highest BCUT2D eigenvalue weighted by Crippen LogP contribution is 1.95. The number of nitrogens with two attached hydrogens (primary N) is 1. The van der Waals surface area contributed by atoms with Crippen LogP contribution in [-0.4, -0.2) is 24.9 Å². The summed E-state index contributed by atoms with van der Waals surface area (Å²) in [5.41, 5.74) is 4.95. The molecule has 0 aliphatic heterocycles. The second-order valence-electron chi connectivity index (χ2n) is 1.89. The zero-order valence-corrected chi connectivity index (χ0v) is 6.16. The van der Waals surface area contributed by atoms with E-state index in [1.165, 1.54) is 6.08 Å². The Bertz CT molecular complexity index is 156. The fourth-order valence-electron chi connectivity index (χ4n) is 0.513. The molecular weight excluding hydrogens is 146 g/mol. The molecule has 0 spiro atoms. The Morgan fingerprint density at radius 2 is 2.36 bits per heavy atom. The van der Waals surface area contributed by atoms with E-state index in [9.17, 15) is 9.59 Å². The minimum absolute atomic E-state index is 0.207. The summed E-state index contributed by atoms with van der Waals surface area (Å²) in [6.45, 7) is 3.19. The molecule has 0 fully saturated rings. The summed E-state index contributed by atoms with van der Waals surface area (Å²) >= 11 is 0. The summed E-state index contributed by atoms with van der Waals surface area (Å²) in [7, 11) is 0. The van der Waals surface area contributed by atoms with Crippen molar-refractivity contribution in [2.24, 2.45) is 5.73 Å². The number of hydrogen-bond acceptors (Lipinski definition) is 4. The van der Waals surface area contributed by atoms with Gasteiger partial charge >= 0.3 is 5.97 Å². The van der Waals surface area contributed by atoms with Crippen molar-refractivity contribution in [3.05, 3.63) is 12.7 Å². The lowest BCUT2D eigenvalue weighted by atomic mass is 10.3. The van der Waals surface area contributed by atoms with Crippen molar-refractivity contribution in [1.82, 2.24) is 0 Å². The van der Waals surface area contributed by atoms with Gasteiger partial charge in [-0.3, -0.25) is 9.59 Å². The molecule has 4 heteroatoms. The molecule has 0 rings (SSSR count). The van der Waals surface area contributed by atoms with E-state index < -0.39 is 12.1 Å². The number of carbonyl (C=O) groups is 2. The van der Waals surface area contributed by atoms with Crippen molar-refractivity contribution >= 4 is 12.3 Å². The standard InChI is InChI=1S/C7H11NO3/c1-2-3-6(5-9)11-7(10)4-8/h2,5-6H,1,3-4,8H2. The van der Waals surface area contributed by atoms with E-state index in [4.69, 9.17) is 5.73 Å². The van der Waals surface area contributed by atoms with Crippen molar-refractivity contribution < 1.29 is 14.3 Å². The third-order valence-electron chi connectivity index (χ3n) is 1.00. The van der Waals surface area contributed by atoms with Crippen LogP contribution in [0.2, 0.25) is 0 Å². The molecule has 0 saturated carbocycles. The zero-order chi connectivity index (χ0) is 8.69. The van der Waals surface area contributed by atoms with Crippen LogP contribution in [0.4, 0.5) is 0 Å². The second kappa shape index (κ2) is 5.61. The van der Waals surface area contributed by atoms with Gasteiger partial charge in [0.05, 0.1) is 6.54 Å². The first-order valence-electron chi connectivity index (χ1n) is 3.20. The maximum atomic E-state index is 10.5. The smallest absolute Gasteiger partial charge is 0.320 e. The van der Waals surface area contributed by atoms with Crippen molar-refractivity contribution in [2.75, 3.05) is 6.54 Å². The minimum atomic E-state index is -0.733. The molecule has 1 atom stereocenters. The first kappa shape index (κ1) is 9.84. The summed E-state index contributed by atoms with van der Waals surface area (Å²) < 4.78 is 4.59. The van der Waals surface area contributed by atoms with Gasteiger partial charge < -0.3 is 10.5 Å². The van der Waals surface area contributed by atoms with Gasteiger partial charge in [0.25, 0.3) is 0 Å². The molecule has 2 N–H and O–H groups in total. The molecule has 0 aliphatic carbocycles. The topological polar surface area (TPSA) is 69.4 Å². The van der Waals surface area contributed by atoms with Crippen molar-refractivity contribution in [2.45, 2.75) is 12.5 Å². The molecule has 62 valence electrons. The van der Waals surface area contributed by atoms with E-state index in [1.54, 1.807) is 0 Å². The van der Waals surface area contributed by atoms with E-state index in [0.717, 1.165) is 0 Å². The highest BCUT2D eigenvalue weighted by Gasteiger charge is 2.09. The Morgan fingerprint density at radius 3 is 2.73 bits per heavy atom. The van der Waals surface area contributed by atoms with Gasteiger partial charge in [0, 0.05) is 6.42 Å². The van der Waals surface area contributed by atoms with Crippen LogP contribution in [0.1, 0.15) is 6.42 Å². The zero-order valence-electron chi connectivity index (χ0n) is 6.16. The van der Waals surface area contributed by atoms with E-state index in [0.29, 0.717) is 12.7 Å². The Balaban J connectivity index is 3.76. The van der Waals surface area contributed by atoms with Gasteiger partial charge in [-0.1, -0.05) is 6.08 Å². The Hall–Kier alpha value is -1.16. The van der Waals surface area contributed by atoms with Crippen LogP contribution in [0.5, 0.6) is 0 Å². The van der Waals surface area contributed by atoms with E-state index in [-0.39, 0.29) is 6.54 Å². The Kier molecular flexibility index (Phi) is 5.02. The summed E-state index contributed by atoms with van der Waals surface area (Å²) in [4.78, 5) is 20.7. The monoisotopic (exact) mass is 157 g/mol. The summed E-state index contributed by atoms with van der Waals surface area (Å²) in [5.74, 6) is -0.580.